The molecule has 2 heterocycles. The molecule has 202 valence electrons. The number of hydrogen-bond donors (Lipinski definition) is 3. The van der Waals surface area contributed by atoms with Crippen LogP contribution in [0.1, 0.15) is 50.7 Å². The van der Waals surface area contributed by atoms with Crippen molar-refractivity contribution < 1.29 is 18.7 Å². The van der Waals surface area contributed by atoms with Crippen LogP contribution in [0.4, 0.5) is 8.78 Å². The number of allylic oxidation sites excluding steroid dienone is 3. The van der Waals surface area contributed by atoms with Crippen LogP contribution in [0.15, 0.2) is 53.2 Å². The molecule has 0 spiro atoms. The van der Waals surface area contributed by atoms with Crippen LogP contribution in [0.3, 0.4) is 0 Å². The zero-order chi connectivity index (χ0) is 27.2. The zero-order valence-electron chi connectivity index (χ0n) is 21.9. The molecule has 0 unspecified atom stereocenters. The molecule has 37 heavy (non-hydrogen) atoms. The molecule has 2 aliphatic heterocycles. The van der Waals surface area contributed by atoms with Gasteiger partial charge in [-0.3, -0.25) is 14.7 Å². The van der Waals surface area contributed by atoms with Crippen LogP contribution >= 0.6 is 0 Å². The number of aliphatic imine (C=N–C) groups is 1. The first-order chi connectivity index (χ1) is 17.6. The lowest BCUT2D eigenvalue weighted by Crippen LogP contribution is -2.60. The Kier molecular flexibility index (Phi) is 9.62. The summed E-state index contributed by atoms with van der Waals surface area (Å²) in [6.45, 7) is 14.0. The fourth-order valence-electron chi connectivity index (χ4n) is 4.82. The maximum Gasteiger partial charge on any atom is 0.273 e. The Hall–Kier alpha value is -3.04. The van der Waals surface area contributed by atoms with E-state index >= 15 is 0 Å². The summed E-state index contributed by atoms with van der Waals surface area (Å²) in [5, 5.41) is 14.1. The summed E-state index contributed by atoms with van der Waals surface area (Å²) in [6, 6.07) is 4.11. The number of piperidine rings is 1. The minimum absolute atomic E-state index is 0.0923. The van der Waals surface area contributed by atoms with Crippen LogP contribution in [0.5, 0.6) is 5.75 Å². The third-order valence-corrected chi connectivity index (χ3v) is 6.92. The number of nitrogens with zero attached hydrogens (tertiary/aromatic N) is 3. The standard InChI is InChI=1S/C28H39F2N5O2/c1-5-8-22(33-23-9-7-12-34(17-23)18-26(37)35-15-21(31)16-35)13-19(3)27(32-4)24-11-10-20(14-25(24)36)28(29,30)6-2/h5,10-11,13-14,21,23,33,36H,1,4,6-9,12,15-18,31H2,2-3H3/b22-13+,27-19-/t23-/m1/s1. The summed E-state index contributed by atoms with van der Waals surface area (Å²) in [7, 11) is 0. The van der Waals surface area contributed by atoms with E-state index in [9.17, 15) is 18.7 Å². The van der Waals surface area contributed by atoms with E-state index < -0.39 is 5.92 Å². The van der Waals surface area contributed by atoms with Crippen LogP contribution in [0, 0.1) is 0 Å². The fraction of sp³-hybridized carbons (Fsp3) is 0.500. The number of phenolic OH excluding ortho intramolecular Hbond substituents is 1. The summed E-state index contributed by atoms with van der Waals surface area (Å²) >= 11 is 0. The SMILES string of the molecule is C=CC/C(=C\C(C)=C(/N=C)c1ccc(C(F)(F)CC)cc1O)N[C@@H]1CCCN(CC(=O)N2CC(N)C2)C1. The number of amides is 1. The Bertz CT molecular complexity index is 1060. The molecule has 2 saturated heterocycles. The van der Waals surface area contributed by atoms with Gasteiger partial charge in [0.15, 0.2) is 0 Å². The van der Waals surface area contributed by atoms with Gasteiger partial charge in [-0.05, 0) is 56.8 Å². The Balaban J connectivity index is 1.75. The van der Waals surface area contributed by atoms with Crippen molar-refractivity contribution in [3.8, 4) is 5.75 Å². The number of nitrogens with one attached hydrogen (secondary N) is 1. The summed E-state index contributed by atoms with van der Waals surface area (Å²) in [4.78, 5) is 20.5. The number of nitrogens with two attached hydrogens (primary N) is 1. The highest BCUT2D eigenvalue weighted by Crippen LogP contribution is 2.37. The largest absolute Gasteiger partial charge is 0.507 e. The number of alkyl halides is 2. The third kappa shape index (κ3) is 7.26. The number of rotatable bonds is 11. The smallest absolute Gasteiger partial charge is 0.273 e. The van der Waals surface area contributed by atoms with E-state index in [0.717, 1.165) is 43.3 Å². The second-order valence-electron chi connectivity index (χ2n) is 9.92. The molecule has 4 N–H and O–H groups in total. The monoisotopic (exact) mass is 515 g/mol. The molecule has 0 aliphatic carbocycles. The fourth-order valence-corrected chi connectivity index (χ4v) is 4.82. The van der Waals surface area contributed by atoms with Crippen molar-refractivity contribution >= 4 is 18.3 Å². The van der Waals surface area contributed by atoms with Crippen LogP contribution in [-0.2, 0) is 10.7 Å². The van der Waals surface area contributed by atoms with Crippen molar-refractivity contribution in [1.29, 1.82) is 0 Å². The third-order valence-electron chi connectivity index (χ3n) is 6.92. The van der Waals surface area contributed by atoms with Gasteiger partial charge in [0, 0.05) is 61.4 Å². The van der Waals surface area contributed by atoms with Gasteiger partial charge in [0.05, 0.1) is 12.2 Å². The van der Waals surface area contributed by atoms with E-state index in [1.54, 1.807) is 11.0 Å². The Morgan fingerprint density at radius 1 is 1.35 bits per heavy atom. The van der Waals surface area contributed by atoms with Gasteiger partial charge in [-0.2, -0.15) is 0 Å². The first kappa shape index (κ1) is 28.5. The van der Waals surface area contributed by atoms with Crippen molar-refractivity contribution in [1.82, 2.24) is 15.1 Å². The van der Waals surface area contributed by atoms with E-state index in [1.165, 1.54) is 19.1 Å². The van der Waals surface area contributed by atoms with Gasteiger partial charge in [0.25, 0.3) is 5.92 Å². The zero-order valence-corrected chi connectivity index (χ0v) is 21.9. The van der Waals surface area contributed by atoms with Gasteiger partial charge in [0.2, 0.25) is 5.91 Å². The van der Waals surface area contributed by atoms with E-state index in [4.69, 9.17) is 5.73 Å². The second kappa shape index (κ2) is 12.5. The molecule has 0 aromatic heterocycles. The maximum absolute atomic E-state index is 14.1. The lowest BCUT2D eigenvalue weighted by molar-refractivity contribution is -0.137. The van der Waals surface area contributed by atoms with E-state index in [1.807, 2.05) is 13.0 Å². The van der Waals surface area contributed by atoms with Gasteiger partial charge < -0.3 is 21.1 Å². The van der Waals surface area contributed by atoms with Crippen molar-refractivity contribution in [2.75, 3.05) is 32.7 Å². The molecule has 1 atom stereocenters. The number of phenols is 1. The molecule has 7 nitrogen and oxygen atoms in total. The molecule has 9 heteroatoms. The van der Waals surface area contributed by atoms with E-state index in [0.29, 0.717) is 37.3 Å². The highest BCUT2D eigenvalue weighted by Gasteiger charge is 2.31. The first-order valence-corrected chi connectivity index (χ1v) is 12.8. The Labute approximate surface area is 218 Å². The van der Waals surface area contributed by atoms with Gasteiger partial charge in [-0.1, -0.05) is 19.1 Å². The lowest BCUT2D eigenvalue weighted by Gasteiger charge is -2.39. The summed E-state index contributed by atoms with van der Waals surface area (Å²) in [5.74, 6) is -3.17. The summed E-state index contributed by atoms with van der Waals surface area (Å²) < 4.78 is 28.2. The molecule has 0 bridgehead atoms. The number of benzene rings is 1. The molecular formula is C28H39F2N5O2. The highest BCUT2D eigenvalue weighted by atomic mass is 19.3. The molecule has 0 saturated carbocycles. The molecule has 1 amide bonds. The van der Waals surface area contributed by atoms with E-state index in [2.05, 4.69) is 28.5 Å². The predicted molar refractivity (Wildman–Crippen MR) is 144 cm³/mol. The molecule has 1 aromatic rings. The highest BCUT2D eigenvalue weighted by molar-refractivity contribution is 5.79. The topological polar surface area (TPSA) is 94.2 Å². The molecule has 2 fully saturated rings. The van der Waals surface area contributed by atoms with Crippen molar-refractivity contribution in [3.05, 3.63) is 59.3 Å². The van der Waals surface area contributed by atoms with Crippen LogP contribution in [0.2, 0.25) is 0 Å². The van der Waals surface area contributed by atoms with Gasteiger partial charge in [-0.25, -0.2) is 8.78 Å². The number of carbonyl (C=O) groups is 1. The van der Waals surface area contributed by atoms with Crippen LogP contribution < -0.4 is 11.1 Å². The molecule has 1 aromatic carbocycles. The maximum atomic E-state index is 14.1. The average molecular weight is 516 g/mol. The quantitative estimate of drug-likeness (QED) is 0.235. The number of carbonyl (C=O) groups excluding carboxylic acids is 1. The van der Waals surface area contributed by atoms with Gasteiger partial charge in [-0.15, -0.1) is 6.58 Å². The number of likely N-dealkylation sites (tertiary alicyclic amines) is 2. The first-order valence-electron chi connectivity index (χ1n) is 12.8. The number of aromatic hydroxyl groups is 1. The van der Waals surface area contributed by atoms with Gasteiger partial charge in [0.1, 0.15) is 5.75 Å². The normalized spacial score (nSPS) is 20.2. The summed E-state index contributed by atoms with van der Waals surface area (Å²) in [6.07, 6.45) is 5.89. The average Bonchev–Trinajstić information content (AvgIpc) is 2.83. The molecule has 0 radical (unpaired) electrons. The van der Waals surface area contributed by atoms with Crippen molar-refractivity contribution in [2.45, 2.75) is 57.5 Å². The minimum atomic E-state index is -3.02. The van der Waals surface area contributed by atoms with Gasteiger partial charge >= 0.3 is 0 Å². The molecule has 2 aliphatic rings. The Morgan fingerprint density at radius 2 is 2.08 bits per heavy atom. The predicted octanol–water partition coefficient (Wildman–Crippen LogP) is 4.01. The Morgan fingerprint density at radius 3 is 2.68 bits per heavy atom. The van der Waals surface area contributed by atoms with Crippen LogP contribution in [0.25, 0.3) is 5.70 Å². The van der Waals surface area contributed by atoms with Crippen molar-refractivity contribution in [2.24, 2.45) is 10.7 Å². The number of halogens is 2. The summed E-state index contributed by atoms with van der Waals surface area (Å²) in [5.41, 5.74) is 7.95. The van der Waals surface area contributed by atoms with Crippen molar-refractivity contribution in [3.63, 3.8) is 0 Å². The lowest BCUT2D eigenvalue weighted by atomic mass is 9.99. The second-order valence-corrected chi connectivity index (χ2v) is 9.92. The van der Waals surface area contributed by atoms with Crippen LogP contribution in [-0.4, -0.2) is 72.3 Å². The molecule has 3 rings (SSSR count). The van der Waals surface area contributed by atoms with E-state index in [-0.39, 0.29) is 35.7 Å². The minimum Gasteiger partial charge on any atom is -0.507 e. The molecular weight excluding hydrogens is 476 g/mol. The number of hydrogen-bond acceptors (Lipinski definition) is 6.